The van der Waals surface area contributed by atoms with Gasteiger partial charge in [-0.05, 0) is 37.8 Å². The van der Waals surface area contributed by atoms with Crippen molar-refractivity contribution in [1.82, 2.24) is 14.7 Å². The van der Waals surface area contributed by atoms with Crippen LogP contribution >= 0.6 is 0 Å². The second-order valence-corrected chi connectivity index (χ2v) is 7.51. The zero-order valence-electron chi connectivity index (χ0n) is 16.6. The lowest BCUT2D eigenvalue weighted by Crippen LogP contribution is -2.53. The molecule has 1 aromatic heterocycles. The van der Waals surface area contributed by atoms with Gasteiger partial charge in [0.1, 0.15) is 11.4 Å². The fourth-order valence-electron chi connectivity index (χ4n) is 4.67. The van der Waals surface area contributed by atoms with Gasteiger partial charge in [0.15, 0.2) is 0 Å². The maximum Gasteiger partial charge on any atom is 0.257 e. The predicted molar refractivity (Wildman–Crippen MR) is 104 cm³/mol. The summed E-state index contributed by atoms with van der Waals surface area (Å²) in [4.78, 5) is 15.2. The van der Waals surface area contributed by atoms with Gasteiger partial charge in [0.2, 0.25) is 0 Å². The molecule has 4 rings (SSSR count). The summed E-state index contributed by atoms with van der Waals surface area (Å²) in [5.41, 5.74) is 1.11. The third-order valence-electron chi connectivity index (χ3n) is 6.30. The van der Waals surface area contributed by atoms with Crippen molar-refractivity contribution in [3.8, 4) is 11.4 Å². The Morgan fingerprint density at radius 2 is 2.04 bits per heavy atom. The van der Waals surface area contributed by atoms with E-state index in [9.17, 15) is 4.79 Å². The standard InChI is InChI=1S/C21H27N3O4/c1-26-16-8-9-21(28-3)10-11-23(19(21)12-16)20(25)15-13-22-24(14-15)17-6-4-5-7-18(17)27-2/h4-7,13-14,16,19H,8-12H2,1-3H3/t16-,19-,21+/m0/s1. The Morgan fingerprint density at radius 3 is 2.79 bits per heavy atom. The highest BCUT2D eigenvalue weighted by Gasteiger charge is 2.52. The molecule has 7 heteroatoms. The van der Waals surface area contributed by atoms with E-state index >= 15 is 0 Å². The van der Waals surface area contributed by atoms with Crippen LogP contribution in [0, 0.1) is 0 Å². The molecular formula is C21H27N3O4. The fraction of sp³-hybridized carbons (Fsp3) is 0.524. The average Bonchev–Trinajstić information content (AvgIpc) is 3.38. The molecule has 2 fully saturated rings. The second kappa shape index (κ2) is 7.56. The highest BCUT2D eigenvalue weighted by Crippen LogP contribution is 2.43. The van der Waals surface area contributed by atoms with Crippen molar-refractivity contribution in [3.63, 3.8) is 0 Å². The Labute approximate surface area is 165 Å². The highest BCUT2D eigenvalue weighted by molar-refractivity contribution is 5.94. The molecule has 28 heavy (non-hydrogen) atoms. The first-order valence-electron chi connectivity index (χ1n) is 9.69. The van der Waals surface area contributed by atoms with E-state index in [1.54, 1.807) is 38.4 Å². The molecule has 150 valence electrons. The third-order valence-corrected chi connectivity index (χ3v) is 6.30. The molecule has 1 aliphatic heterocycles. The summed E-state index contributed by atoms with van der Waals surface area (Å²) in [7, 11) is 5.12. The Balaban J connectivity index is 1.59. The van der Waals surface area contributed by atoms with Crippen molar-refractivity contribution in [2.75, 3.05) is 27.9 Å². The molecule has 1 saturated carbocycles. The Kier molecular flexibility index (Phi) is 5.12. The van der Waals surface area contributed by atoms with E-state index in [-0.39, 0.29) is 23.7 Å². The molecule has 7 nitrogen and oxygen atoms in total. The Morgan fingerprint density at radius 1 is 1.21 bits per heavy atom. The number of carbonyl (C=O) groups is 1. The van der Waals surface area contributed by atoms with Crippen LogP contribution in [0.15, 0.2) is 36.7 Å². The van der Waals surface area contributed by atoms with Crippen LogP contribution in [0.2, 0.25) is 0 Å². The average molecular weight is 385 g/mol. The first kappa shape index (κ1) is 19.0. The van der Waals surface area contributed by atoms with Gasteiger partial charge in [0, 0.05) is 27.0 Å². The molecule has 0 radical (unpaired) electrons. The van der Waals surface area contributed by atoms with Crippen LogP contribution in [0.25, 0.3) is 5.69 Å². The van der Waals surface area contributed by atoms with E-state index in [2.05, 4.69) is 5.10 Å². The lowest BCUT2D eigenvalue weighted by Gasteiger charge is -2.43. The molecule has 3 atom stereocenters. The molecule has 1 aliphatic carbocycles. The van der Waals surface area contributed by atoms with Crippen molar-refractivity contribution in [3.05, 3.63) is 42.2 Å². The normalized spacial score (nSPS) is 26.9. The van der Waals surface area contributed by atoms with E-state index in [1.165, 1.54) is 0 Å². The summed E-state index contributed by atoms with van der Waals surface area (Å²) < 4.78 is 18.6. The van der Waals surface area contributed by atoms with Crippen LogP contribution < -0.4 is 4.74 Å². The molecule has 1 aromatic carbocycles. The van der Waals surface area contributed by atoms with E-state index in [4.69, 9.17) is 14.2 Å². The number of hydrogen-bond acceptors (Lipinski definition) is 5. The number of methoxy groups -OCH3 is 3. The van der Waals surface area contributed by atoms with Crippen molar-refractivity contribution < 1.29 is 19.0 Å². The number of amides is 1. The monoisotopic (exact) mass is 385 g/mol. The predicted octanol–water partition coefficient (Wildman–Crippen LogP) is 2.68. The summed E-state index contributed by atoms with van der Waals surface area (Å²) in [5.74, 6) is 0.696. The van der Waals surface area contributed by atoms with Gasteiger partial charge in [0.25, 0.3) is 5.91 Å². The number of hydrogen-bond donors (Lipinski definition) is 0. The Hall–Kier alpha value is -2.38. The summed E-state index contributed by atoms with van der Waals surface area (Å²) in [6, 6.07) is 7.64. The lowest BCUT2D eigenvalue weighted by molar-refractivity contribution is -0.0893. The fourth-order valence-corrected chi connectivity index (χ4v) is 4.67. The molecule has 2 aliphatic rings. The molecule has 1 saturated heterocycles. The SMILES string of the molecule is COc1ccccc1-n1cc(C(=O)N2CC[C@]3(OC)CC[C@H](OC)C[C@H]23)cn1. The van der Waals surface area contributed by atoms with Crippen LogP contribution in [0.1, 0.15) is 36.0 Å². The number of fused-ring (bicyclic) bond motifs is 1. The summed E-state index contributed by atoms with van der Waals surface area (Å²) in [6.45, 7) is 0.688. The van der Waals surface area contributed by atoms with E-state index < -0.39 is 0 Å². The van der Waals surface area contributed by atoms with Gasteiger partial charge in [0.05, 0.1) is 36.6 Å². The number of likely N-dealkylation sites (tertiary alicyclic amines) is 1. The molecule has 2 aromatic rings. The second-order valence-electron chi connectivity index (χ2n) is 7.51. The van der Waals surface area contributed by atoms with Gasteiger partial charge in [-0.3, -0.25) is 4.79 Å². The van der Waals surface area contributed by atoms with Crippen LogP contribution in [0.5, 0.6) is 5.75 Å². The van der Waals surface area contributed by atoms with Crippen LogP contribution in [0.4, 0.5) is 0 Å². The molecular weight excluding hydrogens is 358 g/mol. The summed E-state index contributed by atoms with van der Waals surface area (Å²) >= 11 is 0. The minimum Gasteiger partial charge on any atom is -0.494 e. The molecule has 0 unspecified atom stereocenters. The molecule has 1 amide bonds. The smallest absolute Gasteiger partial charge is 0.257 e. The number of nitrogens with zero attached hydrogens (tertiary/aromatic N) is 3. The zero-order chi connectivity index (χ0) is 19.7. The maximum absolute atomic E-state index is 13.3. The van der Waals surface area contributed by atoms with E-state index in [0.29, 0.717) is 17.9 Å². The first-order chi connectivity index (χ1) is 13.6. The van der Waals surface area contributed by atoms with Crippen molar-refractivity contribution in [2.45, 2.75) is 43.4 Å². The molecule has 2 heterocycles. The van der Waals surface area contributed by atoms with Crippen LogP contribution in [0.3, 0.4) is 0 Å². The largest absolute Gasteiger partial charge is 0.494 e. The third kappa shape index (κ3) is 3.08. The van der Waals surface area contributed by atoms with E-state index in [1.807, 2.05) is 29.2 Å². The summed E-state index contributed by atoms with van der Waals surface area (Å²) in [6.07, 6.45) is 7.10. The van der Waals surface area contributed by atoms with Crippen LogP contribution in [-0.2, 0) is 9.47 Å². The molecule has 0 spiro atoms. The number of ether oxygens (including phenoxy) is 3. The number of rotatable bonds is 5. The maximum atomic E-state index is 13.3. The van der Waals surface area contributed by atoms with Gasteiger partial charge in [-0.1, -0.05) is 12.1 Å². The van der Waals surface area contributed by atoms with E-state index in [0.717, 1.165) is 31.4 Å². The molecule has 0 N–H and O–H groups in total. The first-order valence-corrected chi connectivity index (χ1v) is 9.69. The van der Waals surface area contributed by atoms with Crippen molar-refractivity contribution in [1.29, 1.82) is 0 Å². The lowest BCUT2D eigenvalue weighted by atomic mass is 9.79. The summed E-state index contributed by atoms with van der Waals surface area (Å²) in [5, 5.41) is 4.39. The number of carbonyl (C=O) groups excluding carboxylic acids is 1. The van der Waals surface area contributed by atoms with Gasteiger partial charge in [-0.25, -0.2) is 4.68 Å². The number of para-hydroxylation sites is 2. The van der Waals surface area contributed by atoms with Gasteiger partial charge in [-0.15, -0.1) is 0 Å². The quantitative estimate of drug-likeness (QED) is 0.792. The zero-order valence-corrected chi connectivity index (χ0v) is 16.6. The highest BCUT2D eigenvalue weighted by atomic mass is 16.5. The van der Waals surface area contributed by atoms with Gasteiger partial charge in [-0.2, -0.15) is 5.10 Å². The van der Waals surface area contributed by atoms with Crippen molar-refractivity contribution in [2.24, 2.45) is 0 Å². The minimum atomic E-state index is -0.261. The van der Waals surface area contributed by atoms with Gasteiger partial charge >= 0.3 is 0 Å². The Bertz CT molecular complexity index is 852. The molecule has 0 bridgehead atoms. The van der Waals surface area contributed by atoms with Crippen molar-refractivity contribution >= 4 is 5.91 Å². The number of benzene rings is 1. The van der Waals surface area contributed by atoms with Crippen LogP contribution in [-0.4, -0.2) is 66.2 Å². The number of aromatic nitrogens is 2. The van der Waals surface area contributed by atoms with Gasteiger partial charge < -0.3 is 19.1 Å². The minimum absolute atomic E-state index is 0.0122. The topological polar surface area (TPSA) is 65.8 Å².